The lowest BCUT2D eigenvalue weighted by molar-refractivity contribution is -0.139. The van der Waals surface area contributed by atoms with Crippen LogP contribution in [0.1, 0.15) is 31.1 Å². The first-order chi connectivity index (χ1) is 11.3. The Bertz CT molecular complexity index is 687. The van der Waals surface area contributed by atoms with Crippen molar-refractivity contribution in [3.8, 4) is 0 Å². The number of hydrogen-bond acceptors (Lipinski definition) is 5. The molecular weight excluding hydrogens is 355 g/mol. The van der Waals surface area contributed by atoms with E-state index in [-0.39, 0.29) is 39.4 Å². The Labute approximate surface area is 150 Å². The van der Waals surface area contributed by atoms with Crippen LogP contribution < -0.4 is 10.6 Å². The van der Waals surface area contributed by atoms with Gasteiger partial charge in [0.05, 0.1) is 22.9 Å². The zero-order chi connectivity index (χ0) is 18.3. The summed E-state index contributed by atoms with van der Waals surface area (Å²) in [6, 6.07) is 2.91. The molecule has 0 radical (unpaired) electrons. The van der Waals surface area contributed by atoms with Gasteiger partial charge in [0.1, 0.15) is 5.57 Å². The summed E-state index contributed by atoms with van der Waals surface area (Å²) < 4.78 is 4.81. The molecule has 2 N–H and O–H groups in total. The van der Waals surface area contributed by atoms with Crippen molar-refractivity contribution in [3.63, 3.8) is 0 Å². The Morgan fingerprint density at radius 1 is 1.21 bits per heavy atom. The molecule has 6 nitrogen and oxygen atoms in total. The van der Waals surface area contributed by atoms with Crippen molar-refractivity contribution < 1.29 is 19.1 Å². The SMILES string of the molecule is CCNC(=O)c1cc(Cl)cc(NC=C(C(C)=O)C(=O)OCC)c1Cl. The average molecular weight is 373 g/mol. The van der Waals surface area contributed by atoms with Crippen molar-refractivity contribution >= 4 is 46.5 Å². The third kappa shape index (κ3) is 5.25. The lowest BCUT2D eigenvalue weighted by Crippen LogP contribution is -2.23. The summed E-state index contributed by atoms with van der Waals surface area (Å²) in [5.74, 6) is -1.60. The first-order valence-electron chi connectivity index (χ1n) is 7.23. The second-order valence-corrected chi connectivity index (χ2v) is 5.47. The molecule has 0 atom stereocenters. The van der Waals surface area contributed by atoms with Crippen molar-refractivity contribution in [1.29, 1.82) is 0 Å². The van der Waals surface area contributed by atoms with E-state index >= 15 is 0 Å². The van der Waals surface area contributed by atoms with Gasteiger partial charge in [-0.05, 0) is 32.9 Å². The first-order valence-corrected chi connectivity index (χ1v) is 7.99. The number of anilines is 1. The summed E-state index contributed by atoms with van der Waals surface area (Å²) in [6.07, 6.45) is 1.18. The molecule has 0 heterocycles. The number of esters is 1. The third-order valence-electron chi connectivity index (χ3n) is 2.87. The molecule has 0 aliphatic carbocycles. The molecule has 24 heavy (non-hydrogen) atoms. The van der Waals surface area contributed by atoms with Gasteiger partial charge in [0.2, 0.25) is 0 Å². The summed E-state index contributed by atoms with van der Waals surface area (Å²) >= 11 is 12.2. The monoisotopic (exact) mass is 372 g/mol. The van der Waals surface area contributed by atoms with Gasteiger partial charge >= 0.3 is 5.97 Å². The van der Waals surface area contributed by atoms with Gasteiger partial charge in [-0.1, -0.05) is 23.2 Å². The molecule has 0 aromatic heterocycles. The van der Waals surface area contributed by atoms with Crippen LogP contribution in [0.25, 0.3) is 0 Å². The van der Waals surface area contributed by atoms with Gasteiger partial charge in [0.15, 0.2) is 5.78 Å². The van der Waals surface area contributed by atoms with Crippen LogP contribution in [0.2, 0.25) is 10.0 Å². The second-order valence-electron chi connectivity index (χ2n) is 4.65. The molecule has 0 saturated carbocycles. The molecule has 0 aliphatic heterocycles. The van der Waals surface area contributed by atoms with Gasteiger partial charge in [0.25, 0.3) is 5.91 Å². The summed E-state index contributed by atoms with van der Waals surface area (Å²) in [5.41, 5.74) is 0.295. The largest absolute Gasteiger partial charge is 0.462 e. The lowest BCUT2D eigenvalue weighted by Gasteiger charge is -2.11. The Morgan fingerprint density at radius 2 is 1.88 bits per heavy atom. The second kappa shape index (κ2) is 9.30. The average Bonchev–Trinajstić information content (AvgIpc) is 2.50. The number of ketones is 1. The van der Waals surface area contributed by atoms with Gasteiger partial charge in [-0.2, -0.15) is 0 Å². The van der Waals surface area contributed by atoms with Gasteiger partial charge in [0, 0.05) is 17.8 Å². The summed E-state index contributed by atoms with van der Waals surface area (Å²) in [7, 11) is 0. The number of rotatable bonds is 7. The Morgan fingerprint density at radius 3 is 2.42 bits per heavy atom. The van der Waals surface area contributed by atoms with E-state index in [1.165, 1.54) is 25.3 Å². The van der Waals surface area contributed by atoms with E-state index in [4.69, 9.17) is 27.9 Å². The maximum Gasteiger partial charge on any atom is 0.343 e. The number of halogens is 2. The van der Waals surface area contributed by atoms with Gasteiger partial charge in [-0.25, -0.2) is 4.79 Å². The van der Waals surface area contributed by atoms with Crippen LogP contribution in [-0.4, -0.2) is 30.8 Å². The first kappa shape index (κ1) is 20.0. The highest BCUT2D eigenvalue weighted by atomic mass is 35.5. The number of hydrogen-bond donors (Lipinski definition) is 2. The fraction of sp³-hybridized carbons (Fsp3) is 0.312. The topological polar surface area (TPSA) is 84.5 Å². The number of benzene rings is 1. The molecule has 1 aromatic carbocycles. The Balaban J connectivity index is 3.18. The van der Waals surface area contributed by atoms with Crippen LogP contribution in [0.5, 0.6) is 0 Å². The van der Waals surface area contributed by atoms with Crippen LogP contribution >= 0.6 is 23.2 Å². The fourth-order valence-electron chi connectivity index (χ4n) is 1.78. The minimum atomic E-state index is -0.750. The molecular formula is C16H18Cl2N2O4. The fourth-order valence-corrected chi connectivity index (χ4v) is 2.25. The van der Waals surface area contributed by atoms with Crippen LogP contribution in [0.15, 0.2) is 23.9 Å². The number of amides is 1. The van der Waals surface area contributed by atoms with Gasteiger partial charge in [-0.3, -0.25) is 9.59 Å². The van der Waals surface area contributed by atoms with E-state index in [0.717, 1.165) is 0 Å². The third-order valence-corrected chi connectivity index (χ3v) is 3.49. The van der Waals surface area contributed by atoms with Gasteiger partial charge < -0.3 is 15.4 Å². The maximum absolute atomic E-state index is 12.0. The lowest BCUT2D eigenvalue weighted by atomic mass is 10.1. The smallest absolute Gasteiger partial charge is 0.343 e. The minimum absolute atomic E-state index is 0.119. The molecule has 0 saturated heterocycles. The van der Waals surface area contributed by atoms with Crippen LogP contribution in [0, 0.1) is 0 Å². The van der Waals surface area contributed by atoms with Crippen molar-refractivity contribution in [2.45, 2.75) is 20.8 Å². The molecule has 130 valence electrons. The number of nitrogens with one attached hydrogen (secondary N) is 2. The number of carbonyl (C=O) groups is 3. The normalized spacial score (nSPS) is 11.0. The Hall–Kier alpha value is -2.05. The molecule has 1 amide bonds. The van der Waals surface area contributed by atoms with E-state index in [1.807, 2.05) is 0 Å². The van der Waals surface area contributed by atoms with E-state index < -0.39 is 11.8 Å². The highest BCUT2D eigenvalue weighted by molar-refractivity contribution is 6.38. The predicted octanol–water partition coefficient (Wildman–Crippen LogP) is 3.19. The molecule has 0 spiro atoms. The van der Waals surface area contributed by atoms with Crippen LogP contribution in [-0.2, 0) is 14.3 Å². The molecule has 0 aliphatic rings. The highest BCUT2D eigenvalue weighted by Crippen LogP contribution is 2.30. The van der Waals surface area contributed by atoms with Crippen LogP contribution in [0.4, 0.5) is 5.69 Å². The van der Waals surface area contributed by atoms with E-state index in [0.29, 0.717) is 6.54 Å². The molecule has 0 unspecified atom stereocenters. The zero-order valence-electron chi connectivity index (χ0n) is 13.5. The van der Waals surface area contributed by atoms with Crippen molar-refractivity contribution in [3.05, 3.63) is 39.5 Å². The quantitative estimate of drug-likeness (QED) is 0.332. The summed E-state index contributed by atoms with van der Waals surface area (Å²) in [5, 5.41) is 5.75. The highest BCUT2D eigenvalue weighted by Gasteiger charge is 2.17. The van der Waals surface area contributed by atoms with Crippen molar-refractivity contribution in [2.24, 2.45) is 0 Å². The predicted molar refractivity (Wildman–Crippen MR) is 93.5 cm³/mol. The number of ether oxygens (including phenoxy) is 1. The van der Waals surface area contributed by atoms with Crippen LogP contribution in [0.3, 0.4) is 0 Å². The van der Waals surface area contributed by atoms with E-state index in [1.54, 1.807) is 13.8 Å². The van der Waals surface area contributed by atoms with E-state index in [2.05, 4.69) is 10.6 Å². The van der Waals surface area contributed by atoms with E-state index in [9.17, 15) is 14.4 Å². The standard InChI is InChI=1S/C16H18Cl2N2O4/c1-4-19-15(22)11-6-10(17)7-13(14(11)18)20-8-12(9(3)21)16(23)24-5-2/h6-8,20H,4-5H2,1-3H3,(H,19,22). The molecule has 1 rings (SSSR count). The molecule has 0 bridgehead atoms. The van der Waals surface area contributed by atoms with Crippen molar-refractivity contribution in [1.82, 2.24) is 5.32 Å². The molecule has 1 aromatic rings. The number of Topliss-reactive ketones (excluding diaryl/α,β-unsaturated/α-hetero) is 1. The summed E-state index contributed by atoms with van der Waals surface area (Å²) in [6.45, 7) is 5.22. The minimum Gasteiger partial charge on any atom is -0.462 e. The Kier molecular flexibility index (Phi) is 7.74. The molecule has 0 fully saturated rings. The van der Waals surface area contributed by atoms with Gasteiger partial charge in [-0.15, -0.1) is 0 Å². The summed E-state index contributed by atoms with van der Waals surface area (Å²) in [4.78, 5) is 35.3. The molecule has 8 heteroatoms. The number of carbonyl (C=O) groups excluding carboxylic acids is 3. The van der Waals surface area contributed by atoms with Crippen molar-refractivity contribution in [2.75, 3.05) is 18.5 Å². The maximum atomic E-state index is 12.0. The zero-order valence-corrected chi connectivity index (χ0v) is 15.0.